The maximum atomic E-state index is 6.36. The summed E-state index contributed by atoms with van der Waals surface area (Å²) in [6.07, 6.45) is 4.80. The molecular weight excluding hydrogens is 256 g/mol. The van der Waals surface area contributed by atoms with E-state index in [-0.39, 0.29) is 6.04 Å². The van der Waals surface area contributed by atoms with Crippen LogP contribution in [-0.2, 0) is 16.0 Å². The molecule has 0 radical (unpaired) electrons. The zero-order valence-corrected chi connectivity index (χ0v) is 12.5. The molecule has 2 N–H and O–H groups in total. The number of hydrogen-bond donors (Lipinski definition) is 1. The third-order valence-electron chi connectivity index (χ3n) is 3.96. The molecule has 0 amide bonds. The van der Waals surface area contributed by atoms with Gasteiger partial charge in [-0.3, -0.25) is 0 Å². The lowest BCUT2D eigenvalue weighted by Crippen LogP contribution is -2.29. The first-order chi connectivity index (χ1) is 9.72. The first-order valence-corrected chi connectivity index (χ1v) is 7.23. The largest absolute Gasteiger partial charge is 0.383 e. The van der Waals surface area contributed by atoms with Crippen molar-refractivity contribution < 1.29 is 9.47 Å². The Morgan fingerprint density at radius 3 is 3.15 bits per heavy atom. The molecule has 1 aromatic rings. The number of aromatic nitrogens is 2. The SMILES string of the molecule is COCCN(C)CCn1cncc1C(N)C1CCOC1. The quantitative estimate of drug-likeness (QED) is 0.752. The molecule has 6 nitrogen and oxygen atoms in total. The van der Waals surface area contributed by atoms with Gasteiger partial charge in [0.05, 0.1) is 31.3 Å². The summed E-state index contributed by atoms with van der Waals surface area (Å²) in [6, 6.07) is 0.0179. The summed E-state index contributed by atoms with van der Waals surface area (Å²) in [6.45, 7) is 5.14. The molecule has 2 rings (SSSR count). The van der Waals surface area contributed by atoms with Crippen LogP contribution in [-0.4, -0.2) is 61.5 Å². The van der Waals surface area contributed by atoms with E-state index in [1.165, 1.54) is 0 Å². The molecule has 0 aliphatic carbocycles. The minimum absolute atomic E-state index is 0.0179. The van der Waals surface area contributed by atoms with Gasteiger partial charge in [-0.1, -0.05) is 0 Å². The van der Waals surface area contributed by atoms with Crippen LogP contribution in [0.25, 0.3) is 0 Å². The van der Waals surface area contributed by atoms with E-state index < -0.39 is 0 Å². The topological polar surface area (TPSA) is 65.5 Å². The number of imidazole rings is 1. The Morgan fingerprint density at radius 2 is 2.45 bits per heavy atom. The van der Waals surface area contributed by atoms with Crippen molar-refractivity contribution >= 4 is 0 Å². The normalized spacial score (nSPS) is 20.7. The van der Waals surface area contributed by atoms with Crippen molar-refractivity contribution in [3.63, 3.8) is 0 Å². The molecule has 2 unspecified atom stereocenters. The summed E-state index contributed by atoms with van der Waals surface area (Å²) in [5, 5.41) is 0. The predicted molar refractivity (Wildman–Crippen MR) is 77.5 cm³/mol. The Kier molecular flexibility index (Phi) is 5.97. The highest BCUT2D eigenvalue weighted by molar-refractivity contribution is 5.07. The van der Waals surface area contributed by atoms with Crippen LogP contribution >= 0.6 is 0 Å². The molecule has 1 aliphatic rings. The fourth-order valence-corrected chi connectivity index (χ4v) is 2.51. The molecule has 0 spiro atoms. The summed E-state index contributed by atoms with van der Waals surface area (Å²) >= 11 is 0. The van der Waals surface area contributed by atoms with E-state index in [1.807, 2.05) is 12.5 Å². The Bertz CT molecular complexity index is 390. The van der Waals surface area contributed by atoms with E-state index in [0.29, 0.717) is 5.92 Å². The molecule has 2 atom stereocenters. The van der Waals surface area contributed by atoms with Crippen LogP contribution in [0.2, 0.25) is 0 Å². The van der Waals surface area contributed by atoms with Crippen molar-refractivity contribution in [2.45, 2.75) is 19.0 Å². The summed E-state index contributed by atoms with van der Waals surface area (Å²) < 4.78 is 12.7. The molecule has 6 heteroatoms. The van der Waals surface area contributed by atoms with Gasteiger partial charge in [0.2, 0.25) is 0 Å². The van der Waals surface area contributed by atoms with Crippen molar-refractivity contribution in [1.82, 2.24) is 14.5 Å². The number of rotatable bonds is 8. The average Bonchev–Trinajstić information content (AvgIpc) is 3.12. The Balaban J connectivity index is 1.87. The van der Waals surface area contributed by atoms with E-state index in [4.69, 9.17) is 15.2 Å². The monoisotopic (exact) mass is 282 g/mol. The zero-order valence-electron chi connectivity index (χ0n) is 12.5. The second kappa shape index (κ2) is 7.73. The predicted octanol–water partition coefficient (Wildman–Crippen LogP) is 0.498. The average molecular weight is 282 g/mol. The molecule has 0 bridgehead atoms. The Hall–Kier alpha value is -0.950. The molecule has 1 aromatic heterocycles. The van der Waals surface area contributed by atoms with Gasteiger partial charge in [0.25, 0.3) is 0 Å². The Morgan fingerprint density at radius 1 is 1.60 bits per heavy atom. The second-order valence-electron chi connectivity index (χ2n) is 5.46. The summed E-state index contributed by atoms with van der Waals surface area (Å²) in [7, 11) is 3.82. The first-order valence-electron chi connectivity index (χ1n) is 7.23. The van der Waals surface area contributed by atoms with Gasteiger partial charge in [0, 0.05) is 45.5 Å². The molecular formula is C14H26N4O2. The third kappa shape index (κ3) is 4.02. The van der Waals surface area contributed by atoms with Crippen LogP contribution < -0.4 is 5.73 Å². The van der Waals surface area contributed by atoms with Crippen molar-refractivity contribution in [2.24, 2.45) is 11.7 Å². The van der Waals surface area contributed by atoms with Crippen LogP contribution in [0.1, 0.15) is 18.2 Å². The highest BCUT2D eigenvalue weighted by Gasteiger charge is 2.26. The lowest BCUT2D eigenvalue weighted by molar-refractivity contribution is 0.159. The van der Waals surface area contributed by atoms with Crippen LogP contribution in [0.5, 0.6) is 0 Å². The Labute approximate surface area is 120 Å². The van der Waals surface area contributed by atoms with E-state index in [2.05, 4.69) is 21.5 Å². The maximum Gasteiger partial charge on any atom is 0.0949 e. The highest BCUT2D eigenvalue weighted by atomic mass is 16.5. The van der Waals surface area contributed by atoms with Crippen molar-refractivity contribution in [3.05, 3.63) is 18.2 Å². The van der Waals surface area contributed by atoms with Crippen LogP contribution in [0.15, 0.2) is 12.5 Å². The standard InChI is InChI=1S/C14H26N4O2/c1-17(6-8-19-2)4-5-18-11-16-9-13(18)14(15)12-3-7-20-10-12/h9,11-12,14H,3-8,10,15H2,1-2H3. The summed E-state index contributed by atoms with van der Waals surface area (Å²) in [5.41, 5.74) is 7.47. The van der Waals surface area contributed by atoms with E-state index in [0.717, 1.165) is 51.6 Å². The minimum Gasteiger partial charge on any atom is -0.383 e. The van der Waals surface area contributed by atoms with Gasteiger partial charge >= 0.3 is 0 Å². The molecule has 20 heavy (non-hydrogen) atoms. The van der Waals surface area contributed by atoms with Gasteiger partial charge in [-0.25, -0.2) is 4.98 Å². The molecule has 0 saturated carbocycles. The van der Waals surface area contributed by atoms with E-state index in [9.17, 15) is 0 Å². The molecule has 2 heterocycles. The summed E-state index contributed by atoms with van der Waals surface area (Å²) in [4.78, 5) is 6.50. The molecule has 1 aliphatic heterocycles. The van der Waals surface area contributed by atoms with Gasteiger partial charge in [-0.05, 0) is 13.5 Å². The highest BCUT2D eigenvalue weighted by Crippen LogP contribution is 2.26. The number of ether oxygens (including phenoxy) is 2. The third-order valence-corrected chi connectivity index (χ3v) is 3.96. The van der Waals surface area contributed by atoms with Gasteiger partial charge in [0.1, 0.15) is 0 Å². The number of likely N-dealkylation sites (N-methyl/N-ethyl adjacent to an activating group) is 1. The number of nitrogens with two attached hydrogens (primary N) is 1. The fourth-order valence-electron chi connectivity index (χ4n) is 2.51. The zero-order chi connectivity index (χ0) is 14.4. The van der Waals surface area contributed by atoms with Gasteiger partial charge in [-0.2, -0.15) is 0 Å². The molecule has 0 aromatic carbocycles. The lowest BCUT2D eigenvalue weighted by Gasteiger charge is -2.21. The second-order valence-corrected chi connectivity index (χ2v) is 5.46. The van der Waals surface area contributed by atoms with E-state index in [1.54, 1.807) is 7.11 Å². The van der Waals surface area contributed by atoms with Crippen LogP contribution in [0.3, 0.4) is 0 Å². The van der Waals surface area contributed by atoms with Crippen LogP contribution in [0, 0.1) is 5.92 Å². The smallest absolute Gasteiger partial charge is 0.0949 e. The van der Waals surface area contributed by atoms with Gasteiger partial charge in [0.15, 0.2) is 0 Å². The molecule has 1 saturated heterocycles. The van der Waals surface area contributed by atoms with E-state index >= 15 is 0 Å². The summed E-state index contributed by atoms with van der Waals surface area (Å²) in [5.74, 6) is 0.414. The number of methoxy groups -OCH3 is 1. The minimum atomic E-state index is 0.0179. The lowest BCUT2D eigenvalue weighted by atomic mass is 9.97. The van der Waals surface area contributed by atoms with Crippen LogP contribution in [0.4, 0.5) is 0 Å². The first kappa shape index (κ1) is 15.4. The van der Waals surface area contributed by atoms with Crippen molar-refractivity contribution in [3.8, 4) is 0 Å². The number of hydrogen-bond acceptors (Lipinski definition) is 5. The molecule has 114 valence electrons. The maximum absolute atomic E-state index is 6.36. The van der Waals surface area contributed by atoms with Gasteiger partial charge < -0.3 is 24.7 Å². The fraction of sp³-hybridized carbons (Fsp3) is 0.786. The van der Waals surface area contributed by atoms with Gasteiger partial charge in [-0.15, -0.1) is 0 Å². The van der Waals surface area contributed by atoms with Crippen molar-refractivity contribution in [1.29, 1.82) is 0 Å². The number of nitrogens with zero attached hydrogens (tertiary/aromatic N) is 3. The molecule has 1 fully saturated rings. The van der Waals surface area contributed by atoms with Crippen molar-refractivity contribution in [2.75, 3.05) is 47.1 Å².